The number of amides is 1. The van der Waals surface area contributed by atoms with Crippen LogP contribution in [0, 0.1) is 6.92 Å². The molecule has 7 nitrogen and oxygen atoms in total. The van der Waals surface area contributed by atoms with Crippen molar-refractivity contribution >= 4 is 22.6 Å². The first-order valence-corrected chi connectivity index (χ1v) is 10.0. The van der Waals surface area contributed by atoms with E-state index in [-0.39, 0.29) is 12.5 Å². The molecule has 2 heterocycles. The zero-order chi connectivity index (χ0) is 20.5. The van der Waals surface area contributed by atoms with E-state index in [0.717, 1.165) is 29.6 Å². The van der Waals surface area contributed by atoms with Gasteiger partial charge in [0.25, 0.3) is 5.91 Å². The molecule has 0 saturated carbocycles. The number of nitrogens with one attached hydrogen (secondary N) is 1. The number of hydrogen-bond donors (Lipinski definition) is 1. The average Bonchev–Trinajstić information content (AvgIpc) is 3.36. The van der Waals surface area contributed by atoms with Crippen molar-refractivity contribution in [1.29, 1.82) is 0 Å². The van der Waals surface area contributed by atoms with Gasteiger partial charge in [-0.1, -0.05) is 17.3 Å². The van der Waals surface area contributed by atoms with E-state index in [9.17, 15) is 4.79 Å². The van der Waals surface area contributed by atoms with Gasteiger partial charge in [0.2, 0.25) is 11.7 Å². The average molecular weight is 403 g/mol. The van der Waals surface area contributed by atoms with Crippen molar-refractivity contribution in [3.63, 3.8) is 0 Å². The molecule has 1 aliphatic rings. The first-order valence-electron chi connectivity index (χ1n) is 10.0. The Bertz CT molecular complexity index is 1220. The van der Waals surface area contributed by atoms with Crippen LogP contribution in [0.15, 0.2) is 51.4 Å². The molecule has 0 spiro atoms. The molecule has 0 saturated heterocycles. The number of nitrogens with zero attached hydrogens (tertiary/aromatic N) is 2. The molecule has 152 valence electrons. The minimum Gasteiger partial charge on any atom is -0.484 e. The van der Waals surface area contributed by atoms with Gasteiger partial charge in [-0.25, -0.2) is 0 Å². The lowest BCUT2D eigenvalue weighted by Gasteiger charge is -2.10. The topological polar surface area (TPSA) is 90.4 Å². The van der Waals surface area contributed by atoms with Gasteiger partial charge in [-0.05, 0) is 49.6 Å². The normalized spacial score (nSPS) is 13.2. The van der Waals surface area contributed by atoms with Gasteiger partial charge in [0, 0.05) is 29.9 Å². The second-order valence-corrected chi connectivity index (χ2v) is 7.39. The fraction of sp³-hybridized carbons (Fsp3) is 0.261. The number of ether oxygens (including phenoxy) is 1. The highest BCUT2D eigenvalue weighted by Crippen LogP contribution is 2.34. The summed E-state index contributed by atoms with van der Waals surface area (Å²) >= 11 is 0. The molecule has 0 atom stereocenters. The van der Waals surface area contributed by atoms with Crippen molar-refractivity contribution in [2.75, 3.05) is 11.9 Å². The number of hydrogen-bond acceptors (Lipinski definition) is 6. The smallest absolute Gasteiger partial charge is 0.262 e. The summed E-state index contributed by atoms with van der Waals surface area (Å²) in [5.74, 6) is 2.36. The summed E-state index contributed by atoms with van der Waals surface area (Å²) in [6.07, 6.45) is 4.36. The van der Waals surface area contributed by atoms with Gasteiger partial charge in [0.05, 0.1) is 5.69 Å². The van der Waals surface area contributed by atoms with Crippen LogP contribution in [-0.4, -0.2) is 22.7 Å². The van der Waals surface area contributed by atoms with E-state index in [1.54, 1.807) is 13.0 Å². The molecule has 2 aromatic heterocycles. The number of aromatic nitrogens is 2. The molecular formula is C23H21N3O4. The standard InChI is InChI=1S/C23H21N3O4/c1-14-24-23(26-30-14)17-7-2-4-8-19(17)25-22(27)13-28-15-10-11-21-18(12-15)16-6-3-5-9-20(16)29-21/h2,4,7-8,10-12H,3,5-6,9,13H2,1H3,(H,25,27). The van der Waals surface area contributed by atoms with E-state index in [2.05, 4.69) is 15.5 Å². The lowest BCUT2D eigenvalue weighted by molar-refractivity contribution is -0.118. The summed E-state index contributed by atoms with van der Waals surface area (Å²) < 4.78 is 16.8. The van der Waals surface area contributed by atoms with E-state index in [4.69, 9.17) is 13.7 Å². The molecule has 0 bridgehead atoms. The van der Waals surface area contributed by atoms with Gasteiger partial charge < -0.3 is 19.0 Å². The highest BCUT2D eigenvalue weighted by molar-refractivity contribution is 5.95. The SMILES string of the molecule is Cc1nc(-c2ccccc2NC(=O)COc2ccc3oc4c(c3c2)CCCC4)no1. The zero-order valence-electron chi connectivity index (χ0n) is 16.6. The van der Waals surface area contributed by atoms with E-state index in [1.807, 2.05) is 36.4 Å². The molecule has 7 heteroatoms. The third kappa shape index (κ3) is 3.54. The molecule has 0 unspecified atom stereocenters. The molecule has 5 rings (SSSR count). The lowest BCUT2D eigenvalue weighted by Crippen LogP contribution is -2.20. The molecule has 1 aliphatic carbocycles. The third-order valence-electron chi connectivity index (χ3n) is 5.27. The van der Waals surface area contributed by atoms with Crippen molar-refractivity contribution in [1.82, 2.24) is 10.1 Å². The Balaban J connectivity index is 1.29. The molecule has 2 aromatic carbocycles. The van der Waals surface area contributed by atoms with Crippen LogP contribution in [0.5, 0.6) is 5.75 Å². The van der Waals surface area contributed by atoms with E-state index in [0.29, 0.717) is 28.7 Å². The van der Waals surface area contributed by atoms with Crippen molar-refractivity contribution in [2.45, 2.75) is 32.6 Å². The summed E-state index contributed by atoms with van der Waals surface area (Å²) in [7, 11) is 0. The number of aryl methyl sites for hydroxylation is 3. The molecule has 0 aliphatic heterocycles. The van der Waals surface area contributed by atoms with Crippen LogP contribution >= 0.6 is 0 Å². The van der Waals surface area contributed by atoms with Crippen molar-refractivity contribution in [2.24, 2.45) is 0 Å². The summed E-state index contributed by atoms with van der Waals surface area (Å²) in [6, 6.07) is 13.0. The maximum Gasteiger partial charge on any atom is 0.262 e. The Hall–Kier alpha value is -3.61. The van der Waals surface area contributed by atoms with Crippen LogP contribution in [0.25, 0.3) is 22.4 Å². The zero-order valence-corrected chi connectivity index (χ0v) is 16.6. The third-order valence-corrected chi connectivity index (χ3v) is 5.27. The number of carbonyl (C=O) groups is 1. The maximum absolute atomic E-state index is 12.5. The maximum atomic E-state index is 12.5. The highest BCUT2D eigenvalue weighted by atomic mass is 16.5. The number of benzene rings is 2. The fourth-order valence-corrected chi connectivity index (χ4v) is 3.86. The first kappa shape index (κ1) is 18.4. The monoisotopic (exact) mass is 403 g/mol. The van der Waals surface area contributed by atoms with Crippen LogP contribution in [0.1, 0.15) is 30.1 Å². The number of fused-ring (bicyclic) bond motifs is 3. The Morgan fingerprint density at radius 3 is 2.90 bits per heavy atom. The number of carbonyl (C=O) groups excluding carboxylic acids is 1. The van der Waals surface area contributed by atoms with E-state index >= 15 is 0 Å². The molecule has 4 aromatic rings. The fourth-order valence-electron chi connectivity index (χ4n) is 3.86. The first-order chi connectivity index (χ1) is 14.7. The van der Waals surface area contributed by atoms with Crippen LogP contribution in [0.3, 0.4) is 0 Å². The van der Waals surface area contributed by atoms with Crippen LogP contribution in [0.4, 0.5) is 5.69 Å². The van der Waals surface area contributed by atoms with Gasteiger partial charge >= 0.3 is 0 Å². The van der Waals surface area contributed by atoms with Crippen LogP contribution < -0.4 is 10.1 Å². The Morgan fingerprint density at radius 1 is 1.17 bits per heavy atom. The summed E-state index contributed by atoms with van der Waals surface area (Å²) in [5.41, 5.74) is 3.44. The minimum absolute atomic E-state index is 0.106. The predicted octanol–water partition coefficient (Wildman–Crippen LogP) is 4.69. The Labute approximate surface area is 173 Å². The van der Waals surface area contributed by atoms with Crippen LogP contribution in [-0.2, 0) is 17.6 Å². The molecule has 0 radical (unpaired) electrons. The van der Waals surface area contributed by atoms with Gasteiger partial charge in [0.15, 0.2) is 6.61 Å². The highest BCUT2D eigenvalue weighted by Gasteiger charge is 2.18. The second kappa shape index (κ2) is 7.67. The lowest BCUT2D eigenvalue weighted by atomic mass is 9.96. The van der Waals surface area contributed by atoms with Gasteiger partial charge in [-0.3, -0.25) is 4.79 Å². The Kier molecular flexibility index (Phi) is 4.71. The number of rotatable bonds is 5. The molecule has 30 heavy (non-hydrogen) atoms. The van der Waals surface area contributed by atoms with Crippen molar-refractivity contribution in [3.05, 3.63) is 59.7 Å². The predicted molar refractivity (Wildman–Crippen MR) is 111 cm³/mol. The Morgan fingerprint density at radius 2 is 2.03 bits per heavy atom. The molecule has 1 N–H and O–H groups in total. The number of para-hydroxylation sites is 1. The van der Waals surface area contributed by atoms with Gasteiger partial charge in [-0.15, -0.1) is 0 Å². The molecule has 1 amide bonds. The summed E-state index contributed by atoms with van der Waals surface area (Å²) in [6.45, 7) is 1.62. The minimum atomic E-state index is -0.267. The van der Waals surface area contributed by atoms with E-state index < -0.39 is 0 Å². The molecule has 0 fully saturated rings. The van der Waals surface area contributed by atoms with Crippen molar-refractivity contribution < 1.29 is 18.5 Å². The van der Waals surface area contributed by atoms with Gasteiger partial charge in [0.1, 0.15) is 17.1 Å². The quantitative estimate of drug-likeness (QED) is 0.520. The second-order valence-electron chi connectivity index (χ2n) is 7.39. The van der Waals surface area contributed by atoms with E-state index in [1.165, 1.54) is 18.4 Å². The van der Waals surface area contributed by atoms with Crippen LogP contribution in [0.2, 0.25) is 0 Å². The van der Waals surface area contributed by atoms with Gasteiger partial charge in [-0.2, -0.15) is 4.98 Å². The summed E-state index contributed by atoms with van der Waals surface area (Å²) in [5, 5.41) is 7.88. The number of furan rings is 1. The largest absolute Gasteiger partial charge is 0.484 e. The van der Waals surface area contributed by atoms with Crippen molar-refractivity contribution in [3.8, 4) is 17.1 Å². The summed E-state index contributed by atoms with van der Waals surface area (Å²) in [4.78, 5) is 16.7. The molecular weight excluding hydrogens is 382 g/mol. The number of anilines is 1.